The lowest BCUT2D eigenvalue weighted by molar-refractivity contribution is -0.151. The molecule has 0 spiro atoms. The van der Waals surface area contributed by atoms with Gasteiger partial charge in [0, 0.05) is 12.1 Å². The number of rotatable bonds is 4. The fourth-order valence-electron chi connectivity index (χ4n) is 2.30. The third-order valence-electron chi connectivity index (χ3n) is 2.89. The van der Waals surface area contributed by atoms with Gasteiger partial charge in [-0.05, 0) is 25.8 Å². The number of halogens is 3. The number of alkyl halides is 3. The summed E-state index contributed by atoms with van der Waals surface area (Å²) in [6.07, 6.45) is -0.777. The van der Waals surface area contributed by atoms with Gasteiger partial charge in [-0.15, -0.1) is 0 Å². The molecular formula is C10H19F3N2. The zero-order chi connectivity index (χ0) is 11.5. The van der Waals surface area contributed by atoms with Gasteiger partial charge in [0.05, 0.1) is 6.54 Å². The molecule has 15 heavy (non-hydrogen) atoms. The molecule has 5 heteroatoms. The summed E-state index contributed by atoms with van der Waals surface area (Å²) in [7, 11) is 0. The first-order chi connectivity index (χ1) is 6.94. The predicted octanol–water partition coefficient (Wildman–Crippen LogP) is 2.14. The second kappa shape index (κ2) is 5.16. The van der Waals surface area contributed by atoms with Gasteiger partial charge in [0.1, 0.15) is 0 Å². The third kappa shape index (κ3) is 3.99. The number of nitrogens with zero attached hydrogens (tertiary/aromatic N) is 1. The van der Waals surface area contributed by atoms with Crippen molar-refractivity contribution in [2.75, 3.05) is 13.1 Å². The maximum atomic E-state index is 12.3. The Morgan fingerprint density at radius 2 is 2.00 bits per heavy atom. The quantitative estimate of drug-likeness (QED) is 0.792. The smallest absolute Gasteiger partial charge is 0.326 e. The van der Waals surface area contributed by atoms with Gasteiger partial charge in [0.2, 0.25) is 0 Å². The summed E-state index contributed by atoms with van der Waals surface area (Å²) in [6, 6.07) is -0.162. The van der Waals surface area contributed by atoms with Crippen molar-refractivity contribution in [2.24, 2.45) is 5.73 Å². The number of nitrogens with two attached hydrogens (primary N) is 1. The molecule has 2 atom stereocenters. The summed E-state index contributed by atoms with van der Waals surface area (Å²) in [5.74, 6) is 0. The first kappa shape index (κ1) is 12.8. The van der Waals surface area contributed by atoms with E-state index in [1.54, 1.807) is 0 Å². The molecular weight excluding hydrogens is 205 g/mol. The van der Waals surface area contributed by atoms with E-state index < -0.39 is 12.7 Å². The standard InChI is InChI=1S/C10H19F3N2/c1-2-6-15(7-10(11,12)13)9-5-3-4-8(9)14/h8-9H,2-7,14H2,1H3. The molecule has 1 aliphatic rings. The van der Waals surface area contributed by atoms with Crippen LogP contribution in [0.25, 0.3) is 0 Å². The van der Waals surface area contributed by atoms with Crippen molar-refractivity contribution in [1.29, 1.82) is 0 Å². The van der Waals surface area contributed by atoms with E-state index in [1.165, 1.54) is 4.90 Å². The van der Waals surface area contributed by atoms with Crippen LogP contribution in [0.5, 0.6) is 0 Å². The van der Waals surface area contributed by atoms with Crippen LogP contribution in [0.3, 0.4) is 0 Å². The summed E-state index contributed by atoms with van der Waals surface area (Å²) in [5, 5.41) is 0. The van der Waals surface area contributed by atoms with Crippen molar-refractivity contribution in [1.82, 2.24) is 4.90 Å². The lowest BCUT2D eigenvalue weighted by atomic mass is 10.1. The molecule has 0 bridgehead atoms. The van der Waals surface area contributed by atoms with E-state index >= 15 is 0 Å². The molecule has 1 saturated carbocycles. The molecule has 2 unspecified atom stereocenters. The highest BCUT2D eigenvalue weighted by atomic mass is 19.4. The molecule has 1 aliphatic carbocycles. The number of hydrogen-bond acceptors (Lipinski definition) is 2. The van der Waals surface area contributed by atoms with Gasteiger partial charge in [-0.1, -0.05) is 13.3 Å². The van der Waals surface area contributed by atoms with Crippen LogP contribution in [0.4, 0.5) is 13.2 Å². The van der Waals surface area contributed by atoms with Gasteiger partial charge >= 0.3 is 6.18 Å². The van der Waals surface area contributed by atoms with E-state index in [0.29, 0.717) is 6.54 Å². The van der Waals surface area contributed by atoms with Crippen molar-refractivity contribution in [3.8, 4) is 0 Å². The van der Waals surface area contributed by atoms with Crippen molar-refractivity contribution < 1.29 is 13.2 Å². The molecule has 2 N–H and O–H groups in total. The lowest BCUT2D eigenvalue weighted by Crippen LogP contribution is -2.48. The van der Waals surface area contributed by atoms with E-state index in [1.807, 2.05) is 6.92 Å². The van der Waals surface area contributed by atoms with Gasteiger partial charge in [-0.3, -0.25) is 4.90 Å². The van der Waals surface area contributed by atoms with Gasteiger partial charge in [0.15, 0.2) is 0 Å². The Labute approximate surface area is 88.6 Å². The first-order valence-corrected chi connectivity index (χ1v) is 5.50. The zero-order valence-corrected chi connectivity index (χ0v) is 9.06. The zero-order valence-electron chi connectivity index (χ0n) is 9.06. The Bertz CT molecular complexity index is 194. The normalized spacial score (nSPS) is 27.6. The highest BCUT2D eigenvalue weighted by molar-refractivity contribution is 4.88. The minimum absolute atomic E-state index is 0.0772. The maximum absolute atomic E-state index is 12.3. The van der Waals surface area contributed by atoms with Crippen LogP contribution >= 0.6 is 0 Å². The second-order valence-corrected chi connectivity index (χ2v) is 4.25. The van der Waals surface area contributed by atoms with Crippen LogP contribution in [0, 0.1) is 0 Å². The monoisotopic (exact) mass is 224 g/mol. The Hall–Kier alpha value is -0.290. The molecule has 0 aromatic carbocycles. The first-order valence-electron chi connectivity index (χ1n) is 5.50. The van der Waals surface area contributed by atoms with Crippen molar-refractivity contribution >= 4 is 0 Å². The molecule has 0 aromatic rings. The molecule has 90 valence electrons. The van der Waals surface area contributed by atoms with E-state index in [2.05, 4.69) is 0 Å². The van der Waals surface area contributed by atoms with Crippen LogP contribution in [0.15, 0.2) is 0 Å². The average Bonchev–Trinajstić information content (AvgIpc) is 2.48. The molecule has 1 rings (SSSR count). The minimum Gasteiger partial charge on any atom is -0.326 e. The van der Waals surface area contributed by atoms with Crippen LogP contribution in [0.2, 0.25) is 0 Å². The fourth-order valence-corrected chi connectivity index (χ4v) is 2.30. The highest BCUT2D eigenvalue weighted by Crippen LogP contribution is 2.26. The van der Waals surface area contributed by atoms with Gasteiger partial charge in [-0.2, -0.15) is 13.2 Å². The molecule has 1 fully saturated rings. The predicted molar refractivity (Wildman–Crippen MR) is 53.5 cm³/mol. The Morgan fingerprint density at radius 1 is 1.33 bits per heavy atom. The summed E-state index contributed by atoms with van der Waals surface area (Å²) >= 11 is 0. The van der Waals surface area contributed by atoms with E-state index in [9.17, 15) is 13.2 Å². The van der Waals surface area contributed by atoms with Crippen molar-refractivity contribution in [3.63, 3.8) is 0 Å². The number of hydrogen-bond donors (Lipinski definition) is 1. The summed E-state index contributed by atoms with van der Waals surface area (Å²) < 4.78 is 37.0. The molecule has 0 saturated heterocycles. The SMILES string of the molecule is CCCN(CC(F)(F)F)C1CCCC1N. The molecule has 0 heterocycles. The molecule has 0 aliphatic heterocycles. The topological polar surface area (TPSA) is 29.3 Å². The minimum atomic E-state index is -4.11. The van der Waals surface area contributed by atoms with Gasteiger partial charge in [-0.25, -0.2) is 0 Å². The second-order valence-electron chi connectivity index (χ2n) is 4.25. The van der Waals surface area contributed by atoms with Crippen molar-refractivity contribution in [2.45, 2.75) is 50.9 Å². The Balaban J connectivity index is 2.56. The summed E-state index contributed by atoms with van der Waals surface area (Å²) in [5.41, 5.74) is 5.82. The fraction of sp³-hybridized carbons (Fsp3) is 1.00. The summed E-state index contributed by atoms with van der Waals surface area (Å²) in [4.78, 5) is 1.50. The highest BCUT2D eigenvalue weighted by Gasteiger charge is 2.36. The van der Waals surface area contributed by atoms with Crippen LogP contribution in [-0.2, 0) is 0 Å². The van der Waals surface area contributed by atoms with E-state index in [4.69, 9.17) is 5.73 Å². The summed E-state index contributed by atoms with van der Waals surface area (Å²) in [6.45, 7) is 1.56. The van der Waals surface area contributed by atoms with Crippen molar-refractivity contribution in [3.05, 3.63) is 0 Å². The Morgan fingerprint density at radius 3 is 2.40 bits per heavy atom. The van der Waals surface area contributed by atoms with E-state index in [0.717, 1.165) is 25.7 Å². The largest absolute Gasteiger partial charge is 0.401 e. The molecule has 0 amide bonds. The average molecular weight is 224 g/mol. The third-order valence-corrected chi connectivity index (χ3v) is 2.89. The van der Waals surface area contributed by atoms with Crippen LogP contribution < -0.4 is 5.73 Å². The van der Waals surface area contributed by atoms with Gasteiger partial charge in [0.25, 0.3) is 0 Å². The van der Waals surface area contributed by atoms with Crippen LogP contribution in [-0.4, -0.2) is 36.2 Å². The molecule has 0 radical (unpaired) electrons. The lowest BCUT2D eigenvalue weighted by Gasteiger charge is -2.31. The molecule has 2 nitrogen and oxygen atoms in total. The maximum Gasteiger partial charge on any atom is 0.401 e. The molecule has 0 aromatic heterocycles. The van der Waals surface area contributed by atoms with Gasteiger partial charge < -0.3 is 5.73 Å². The Kier molecular flexibility index (Phi) is 4.40. The van der Waals surface area contributed by atoms with Crippen LogP contribution in [0.1, 0.15) is 32.6 Å². The van der Waals surface area contributed by atoms with E-state index in [-0.39, 0.29) is 12.1 Å².